The lowest BCUT2D eigenvalue weighted by Gasteiger charge is -2.19. The third kappa shape index (κ3) is 4.12. The average molecular weight is 279 g/mol. The molecule has 0 spiro atoms. The minimum Gasteiger partial charge on any atom is -0.481 e. The quantitative estimate of drug-likeness (QED) is 0.660. The molecule has 0 radical (unpaired) electrons. The van der Waals surface area contributed by atoms with E-state index in [1.54, 1.807) is 0 Å². The summed E-state index contributed by atoms with van der Waals surface area (Å²) in [5.41, 5.74) is -0.665. The third-order valence-electron chi connectivity index (χ3n) is 2.06. The molecule has 0 saturated carbocycles. The third-order valence-corrected chi connectivity index (χ3v) is 2.06. The van der Waals surface area contributed by atoms with Gasteiger partial charge < -0.3 is 9.84 Å². The van der Waals surface area contributed by atoms with Gasteiger partial charge >= 0.3 is 17.8 Å². The molecule has 0 amide bonds. The van der Waals surface area contributed by atoms with E-state index < -0.39 is 41.0 Å². The van der Waals surface area contributed by atoms with Crippen molar-refractivity contribution in [3.05, 3.63) is 34.4 Å². The lowest BCUT2D eigenvalue weighted by Crippen LogP contribution is -2.36. The Morgan fingerprint density at radius 3 is 2.47 bits per heavy atom. The maximum Gasteiger partial charge on any atom is 0.426 e. The average Bonchev–Trinajstić information content (AvgIpc) is 2.26. The van der Waals surface area contributed by atoms with Gasteiger partial charge in [0.1, 0.15) is 0 Å². The zero-order chi connectivity index (χ0) is 14.6. The highest BCUT2D eigenvalue weighted by Crippen LogP contribution is 2.32. The molecule has 1 unspecified atom stereocenters. The maximum absolute atomic E-state index is 12.5. The molecule has 104 valence electrons. The van der Waals surface area contributed by atoms with E-state index in [2.05, 4.69) is 4.74 Å². The summed E-state index contributed by atoms with van der Waals surface area (Å²) in [6.07, 6.45) is -8.93. The number of benzene rings is 1. The molecule has 0 aliphatic heterocycles. The number of carboxylic acids is 1. The number of nitro benzene ring substituents is 1. The highest BCUT2D eigenvalue weighted by Gasteiger charge is 2.44. The first-order chi connectivity index (χ1) is 8.71. The SMILES string of the molecule is O=C(O)CC(Oc1ccccc1[N+](=O)[O-])C(F)(F)F. The summed E-state index contributed by atoms with van der Waals surface area (Å²) >= 11 is 0. The highest BCUT2D eigenvalue weighted by molar-refractivity contribution is 5.67. The van der Waals surface area contributed by atoms with Crippen LogP contribution in [0, 0.1) is 10.1 Å². The zero-order valence-electron chi connectivity index (χ0n) is 9.26. The number of carboxylic acid groups (broad SMARTS) is 1. The fourth-order valence-electron chi connectivity index (χ4n) is 1.24. The standard InChI is InChI=1S/C10H8F3NO5/c11-10(12,13)8(5-9(15)16)19-7-4-2-1-3-6(7)14(17)18/h1-4,8H,5H2,(H,15,16). The van der Waals surface area contributed by atoms with Crippen LogP contribution in [-0.2, 0) is 4.79 Å². The van der Waals surface area contributed by atoms with E-state index in [0.717, 1.165) is 12.1 Å². The minimum absolute atomic E-state index is 0.629. The first-order valence-electron chi connectivity index (χ1n) is 4.90. The number of ether oxygens (including phenoxy) is 1. The van der Waals surface area contributed by atoms with Gasteiger partial charge in [0.15, 0.2) is 5.75 Å². The van der Waals surface area contributed by atoms with Crippen molar-refractivity contribution in [3.63, 3.8) is 0 Å². The summed E-state index contributed by atoms with van der Waals surface area (Å²) < 4.78 is 42.1. The molecule has 1 aromatic carbocycles. The normalized spacial score (nSPS) is 12.8. The molecule has 6 nitrogen and oxygen atoms in total. The van der Waals surface area contributed by atoms with E-state index in [1.165, 1.54) is 12.1 Å². The lowest BCUT2D eigenvalue weighted by atomic mass is 10.2. The van der Waals surface area contributed by atoms with Crippen LogP contribution in [0.5, 0.6) is 5.75 Å². The number of aliphatic carboxylic acids is 1. The molecule has 19 heavy (non-hydrogen) atoms. The molecular formula is C10H8F3NO5. The molecule has 0 aromatic heterocycles. The van der Waals surface area contributed by atoms with Crippen LogP contribution in [0.3, 0.4) is 0 Å². The molecule has 1 atom stereocenters. The second kappa shape index (κ2) is 5.55. The molecule has 1 rings (SSSR count). The van der Waals surface area contributed by atoms with Crippen LogP contribution in [0.1, 0.15) is 6.42 Å². The van der Waals surface area contributed by atoms with Crippen molar-refractivity contribution in [2.45, 2.75) is 18.7 Å². The number of halogens is 3. The molecule has 0 aliphatic rings. The predicted octanol–water partition coefficient (Wildman–Crippen LogP) is 2.38. The molecule has 1 N–H and O–H groups in total. The number of nitrogens with zero attached hydrogens (tertiary/aromatic N) is 1. The number of rotatable bonds is 5. The summed E-state index contributed by atoms with van der Waals surface area (Å²) in [7, 11) is 0. The van der Waals surface area contributed by atoms with Gasteiger partial charge in [0.2, 0.25) is 6.10 Å². The van der Waals surface area contributed by atoms with Crippen LogP contribution in [-0.4, -0.2) is 28.3 Å². The van der Waals surface area contributed by atoms with Gasteiger partial charge in [-0.3, -0.25) is 14.9 Å². The Hall–Kier alpha value is -2.32. The zero-order valence-corrected chi connectivity index (χ0v) is 9.26. The Labute approximate surface area is 104 Å². The Morgan fingerprint density at radius 1 is 1.42 bits per heavy atom. The predicted molar refractivity (Wildman–Crippen MR) is 55.8 cm³/mol. The van der Waals surface area contributed by atoms with Crippen molar-refractivity contribution in [1.29, 1.82) is 0 Å². The summed E-state index contributed by atoms with van der Waals surface area (Å²) in [5, 5.41) is 19.0. The summed E-state index contributed by atoms with van der Waals surface area (Å²) in [6, 6.07) is 4.43. The van der Waals surface area contributed by atoms with E-state index in [-0.39, 0.29) is 0 Å². The van der Waals surface area contributed by atoms with Gasteiger partial charge in [0, 0.05) is 6.07 Å². The Bertz CT molecular complexity index is 488. The maximum atomic E-state index is 12.5. The molecule has 0 fully saturated rings. The summed E-state index contributed by atoms with van der Waals surface area (Å²) in [4.78, 5) is 20.0. The van der Waals surface area contributed by atoms with Crippen molar-refractivity contribution >= 4 is 11.7 Å². The van der Waals surface area contributed by atoms with Gasteiger partial charge in [0.25, 0.3) is 0 Å². The summed E-state index contributed by atoms with van der Waals surface area (Å²) in [5.74, 6) is -2.35. The van der Waals surface area contributed by atoms with Crippen LogP contribution >= 0.6 is 0 Å². The Kier molecular flexibility index (Phi) is 4.30. The Morgan fingerprint density at radius 2 is 2.00 bits per heavy atom. The monoisotopic (exact) mass is 279 g/mol. The minimum atomic E-state index is -4.94. The summed E-state index contributed by atoms with van der Waals surface area (Å²) in [6.45, 7) is 0. The first-order valence-corrected chi connectivity index (χ1v) is 4.90. The molecule has 9 heteroatoms. The highest BCUT2D eigenvalue weighted by atomic mass is 19.4. The molecule has 0 aliphatic carbocycles. The number of carbonyl (C=O) groups is 1. The van der Waals surface area contributed by atoms with Gasteiger partial charge in [-0.15, -0.1) is 0 Å². The Balaban J connectivity index is 3.03. The number of hydrogen-bond acceptors (Lipinski definition) is 4. The van der Waals surface area contributed by atoms with Crippen LogP contribution in [0.15, 0.2) is 24.3 Å². The fraction of sp³-hybridized carbons (Fsp3) is 0.300. The number of para-hydroxylation sites is 2. The van der Waals surface area contributed by atoms with Crippen molar-refractivity contribution in [3.8, 4) is 5.75 Å². The van der Waals surface area contributed by atoms with Gasteiger partial charge in [-0.25, -0.2) is 0 Å². The van der Waals surface area contributed by atoms with Crippen LogP contribution in [0.2, 0.25) is 0 Å². The lowest BCUT2D eigenvalue weighted by molar-refractivity contribution is -0.386. The first kappa shape index (κ1) is 14.7. The van der Waals surface area contributed by atoms with Crippen molar-refractivity contribution < 1.29 is 32.7 Å². The van der Waals surface area contributed by atoms with Crippen LogP contribution in [0.25, 0.3) is 0 Å². The smallest absolute Gasteiger partial charge is 0.426 e. The van der Waals surface area contributed by atoms with E-state index in [4.69, 9.17) is 5.11 Å². The van der Waals surface area contributed by atoms with Crippen molar-refractivity contribution in [2.24, 2.45) is 0 Å². The van der Waals surface area contributed by atoms with Gasteiger partial charge in [-0.05, 0) is 6.07 Å². The second-order valence-corrected chi connectivity index (χ2v) is 3.47. The largest absolute Gasteiger partial charge is 0.481 e. The number of nitro groups is 1. The van der Waals surface area contributed by atoms with Crippen LogP contribution < -0.4 is 4.74 Å². The van der Waals surface area contributed by atoms with Crippen LogP contribution in [0.4, 0.5) is 18.9 Å². The van der Waals surface area contributed by atoms with Gasteiger partial charge in [-0.2, -0.15) is 13.2 Å². The molecule has 0 heterocycles. The van der Waals surface area contributed by atoms with E-state index >= 15 is 0 Å². The topological polar surface area (TPSA) is 89.7 Å². The molecule has 0 bridgehead atoms. The van der Waals surface area contributed by atoms with Crippen molar-refractivity contribution in [2.75, 3.05) is 0 Å². The van der Waals surface area contributed by atoms with Crippen molar-refractivity contribution in [1.82, 2.24) is 0 Å². The van der Waals surface area contributed by atoms with E-state index in [9.17, 15) is 28.1 Å². The van der Waals surface area contributed by atoms with Gasteiger partial charge in [-0.1, -0.05) is 12.1 Å². The number of hydrogen-bond donors (Lipinski definition) is 1. The molecule has 0 saturated heterocycles. The van der Waals surface area contributed by atoms with E-state index in [1.807, 2.05) is 0 Å². The second-order valence-electron chi connectivity index (χ2n) is 3.47. The number of alkyl halides is 3. The molecule has 1 aromatic rings. The van der Waals surface area contributed by atoms with E-state index in [0.29, 0.717) is 0 Å². The molecular weight excluding hydrogens is 271 g/mol. The fourth-order valence-corrected chi connectivity index (χ4v) is 1.24. The van der Waals surface area contributed by atoms with Gasteiger partial charge in [0.05, 0.1) is 11.3 Å².